The summed E-state index contributed by atoms with van der Waals surface area (Å²) in [6, 6.07) is 1.90. The zero-order chi connectivity index (χ0) is 11.7. The fourth-order valence-corrected chi connectivity index (χ4v) is 2.94. The van der Waals surface area contributed by atoms with Crippen molar-refractivity contribution in [2.45, 2.75) is 43.6 Å². The molecule has 0 spiro atoms. The van der Waals surface area contributed by atoms with Crippen molar-refractivity contribution in [1.29, 1.82) is 0 Å². The number of nitrogens with zero attached hydrogens (tertiary/aromatic N) is 2. The molecule has 1 aromatic rings. The molecule has 1 fully saturated rings. The molecule has 1 aliphatic heterocycles. The van der Waals surface area contributed by atoms with Crippen LogP contribution in [-0.4, -0.2) is 27.3 Å². The molecule has 1 saturated heterocycles. The van der Waals surface area contributed by atoms with Crippen LogP contribution in [0.3, 0.4) is 0 Å². The Bertz CT molecular complexity index is 402. The molecule has 2 atom stereocenters. The van der Waals surface area contributed by atoms with E-state index in [1.807, 2.05) is 26.8 Å². The van der Waals surface area contributed by atoms with E-state index in [1.165, 1.54) is 11.8 Å². The van der Waals surface area contributed by atoms with Crippen molar-refractivity contribution in [3.05, 3.63) is 17.6 Å². The summed E-state index contributed by atoms with van der Waals surface area (Å²) in [5.74, 6) is 0.605. The SMILES string of the molecule is Cc1cc(S[C@@H]2C[C@H](C)OC2=O)nc(C)n1. The summed E-state index contributed by atoms with van der Waals surface area (Å²) in [5.41, 5.74) is 0.925. The molecule has 1 aromatic heterocycles. The zero-order valence-electron chi connectivity index (χ0n) is 9.56. The number of thioether (sulfide) groups is 1. The zero-order valence-corrected chi connectivity index (χ0v) is 10.4. The van der Waals surface area contributed by atoms with Gasteiger partial charge in [0.1, 0.15) is 22.2 Å². The van der Waals surface area contributed by atoms with Gasteiger partial charge in [-0.15, -0.1) is 0 Å². The van der Waals surface area contributed by atoms with E-state index in [1.54, 1.807) is 0 Å². The highest BCUT2D eigenvalue weighted by Gasteiger charge is 2.32. The molecule has 1 aliphatic rings. The molecular weight excluding hydrogens is 224 g/mol. The van der Waals surface area contributed by atoms with Crippen molar-refractivity contribution in [3.63, 3.8) is 0 Å². The lowest BCUT2D eigenvalue weighted by molar-refractivity contribution is -0.140. The van der Waals surface area contributed by atoms with Crippen LogP contribution < -0.4 is 0 Å². The second-order valence-corrected chi connectivity index (χ2v) is 5.21. The Morgan fingerprint density at radius 1 is 1.44 bits per heavy atom. The molecule has 0 unspecified atom stereocenters. The van der Waals surface area contributed by atoms with E-state index in [0.717, 1.165) is 23.0 Å². The molecular formula is C11H14N2O2S. The lowest BCUT2D eigenvalue weighted by atomic mass is 10.3. The van der Waals surface area contributed by atoms with Crippen LogP contribution in [0.25, 0.3) is 0 Å². The van der Waals surface area contributed by atoms with Crippen LogP contribution in [0.4, 0.5) is 0 Å². The predicted octanol–water partition coefficient (Wildman–Crippen LogP) is 1.89. The number of hydrogen-bond donors (Lipinski definition) is 0. The maximum atomic E-state index is 11.5. The van der Waals surface area contributed by atoms with Gasteiger partial charge < -0.3 is 4.74 Å². The van der Waals surface area contributed by atoms with Gasteiger partial charge >= 0.3 is 5.97 Å². The van der Waals surface area contributed by atoms with Crippen molar-refractivity contribution in [2.75, 3.05) is 0 Å². The molecule has 2 heterocycles. The molecule has 0 aliphatic carbocycles. The molecule has 5 heteroatoms. The molecule has 16 heavy (non-hydrogen) atoms. The molecule has 4 nitrogen and oxygen atoms in total. The first-order valence-electron chi connectivity index (χ1n) is 5.24. The van der Waals surface area contributed by atoms with Gasteiger partial charge in [0, 0.05) is 12.1 Å². The van der Waals surface area contributed by atoms with Crippen LogP contribution in [0.1, 0.15) is 24.9 Å². The lowest BCUT2D eigenvalue weighted by Gasteiger charge is -2.05. The largest absolute Gasteiger partial charge is 0.462 e. The van der Waals surface area contributed by atoms with Crippen LogP contribution in [-0.2, 0) is 9.53 Å². The van der Waals surface area contributed by atoms with Gasteiger partial charge in [-0.1, -0.05) is 11.8 Å². The van der Waals surface area contributed by atoms with E-state index in [2.05, 4.69) is 9.97 Å². The summed E-state index contributed by atoms with van der Waals surface area (Å²) < 4.78 is 5.10. The number of ether oxygens (including phenoxy) is 1. The van der Waals surface area contributed by atoms with Gasteiger partial charge in [0.15, 0.2) is 0 Å². The fraction of sp³-hybridized carbons (Fsp3) is 0.545. The average Bonchev–Trinajstić information content (AvgIpc) is 2.43. The first-order chi connectivity index (χ1) is 7.54. The van der Waals surface area contributed by atoms with Gasteiger partial charge in [-0.25, -0.2) is 9.97 Å². The van der Waals surface area contributed by atoms with Crippen LogP contribution >= 0.6 is 11.8 Å². The standard InChI is InChI=1S/C11H14N2O2S/c1-6-4-10(13-8(3)12-6)16-9-5-7(2)15-11(9)14/h4,7,9H,5H2,1-3H3/t7-,9+/m0/s1. The van der Waals surface area contributed by atoms with E-state index >= 15 is 0 Å². The minimum Gasteiger partial charge on any atom is -0.462 e. The highest BCUT2D eigenvalue weighted by Crippen LogP contribution is 2.31. The van der Waals surface area contributed by atoms with Crippen molar-refractivity contribution >= 4 is 17.7 Å². The number of esters is 1. The molecule has 0 saturated carbocycles. The summed E-state index contributed by atoms with van der Waals surface area (Å²) >= 11 is 1.47. The summed E-state index contributed by atoms with van der Waals surface area (Å²) in [6.07, 6.45) is 0.778. The number of carbonyl (C=O) groups excluding carboxylic acids is 1. The molecule has 0 aromatic carbocycles. The monoisotopic (exact) mass is 238 g/mol. The molecule has 2 rings (SSSR count). The maximum absolute atomic E-state index is 11.5. The van der Waals surface area contributed by atoms with Gasteiger partial charge in [-0.3, -0.25) is 4.79 Å². The second kappa shape index (κ2) is 4.41. The van der Waals surface area contributed by atoms with Crippen LogP contribution in [0.2, 0.25) is 0 Å². The van der Waals surface area contributed by atoms with Gasteiger partial charge in [-0.05, 0) is 26.8 Å². The number of aryl methyl sites for hydroxylation is 2. The Hall–Kier alpha value is -1.10. The third-order valence-corrected chi connectivity index (χ3v) is 3.45. The summed E-state index contributed by atoms with van der Waals surface area (Å²) in [5, 5.41) is 0.727. The highest BCUT2D eigenvalue weighted by atomic mass is 32.2. The highest BCUT2D eigenvalue weighted by molar-refractivity contribution is 8.00. The first-order valence-corrected chi connectivity index (χ1v) is 6.12. The van der Waals surface area contributed by atoms with E-state index in [0.29, 0.717) is 0 Å². The molecule has 0 amide bonds. The quantitative estimate of drug-likeness (QED) is 0.581. The van der Waals surface area contributed by atoms with Crippen LogP contribution in [0.15, 0.2) is 11.1 Å². The topological polar surface area (TPSA) is 52.1 Å². The first kappa shape index (κ1) is 11.4. The Morgan fingerprint density at radius 3 is 2.75 bits per heavy atom. The number of cyclic esters (lactones) is 1. The Kier molecular flexibility index (Phi) is 3.14. The molecule has 0 N–H and O–H groups in total. The van der Waals surface area contributed by atoms with Crippen molar-refractivity contribution in [2.24, 2.45) is 0 Å². The predicted molar refractivity (Wildman–Crippen MR) is 61.3 cm³/mol. The Labute approximate surface area is 98.8 Å². The van der Waals surface area contributed by atoms with E-state index in [4.69, 9.17) is 4.74 Å². The van der Waals surface area contributed by atoms with Gasteiger partial charge in [-0.2, -0.15) is 0 Å². The average molecular weight is 238 g/mol. The number of hydrogen-bond acceptors (Lipinski definition) is 5. The number of aromatic nitrogens is 2. The van der Waals surface area contributed by atoms with Gasteiger partial charge in [0.2, 0.25) is 0 Å². The lowest BCUT2D eigenvalue weighted by Crippen LogP contribution is -2.10. The van der Waals surface area contributed by atoms with Crippen molar-refractivity contribution < 1.29 is 9.53 Å². The van der Waals surface area contributed by atoms with E-state index < -0.39 is 0 Å². The van der Waals surface area contributed by atoms with Crippen LogP contribution in [0, 0.1) is 13.8 Å². The number of rotatable bonds is 2. The third-order valence-electron chi connectivity index (χ3n) is 2.33. The van der Waals surface area contributed by atoms with Crippen molar-refractivity contribution in [3.8, 4) is 0 Å². The Morgan fingerprint density at radius 2 is 2.19 bits per heavy atom. The smallest absolute Gasteiger partial charge is 0.319 e. The summed E-state index contributed by atoms with van der Waals surface area (Å²) in [6.45, 7) is 5.69. The maximum Gasteiger partial charge on any atom is 0.319 e. The van der Waals surface area contributed by atoms with Crippen LogP contribution in [0.5, 0.6) is 0 Å². The molecule has 0 bridgehead atoms. The van der Waals surface area contributed by atoms with E-state index in [9.17, 15) is 4.79 Å². The minimum atomic E-state index is -0.133. The normalized spacial score (nSPS) is 24.6. The second-order valence-electron chi connectivity index (χ2n) is 3.98. The van der Waals surface area contributed by atoms with Gasteiger partial charge in [0.05, 0.1) is 0 Å². The summed E-state index contributed by atoms with van der Waals surface area (Å²) in [4.78, 5) is 20.0. The van der Waals surface area contributed by atoms with Crippen molar-refractivity contribution in [1.82, 2.24) is 9.97 Å². The van der Waals surface area contributed by atoms with Gasteiger partial charge in [0.25, 0.3) is 0 Å². The molecule has 86 valence electrons. The minimum absolute atomic E-state index is 0.0223. The Balaban J connectivity index is 2.12. The molecule has 0 radical (unpaired) electrons. The third kappa shape index (κ3) is 2.52. The fourth-order valence-electron chi connectivity index (χ4n) is 1.71. The summed E-state index contributed by atoms with van der Waals surface area (Å²) in [7, 11) is 0. The van der Waals surface area contributed by atoms with E-state index in [-0.39, 0.29) is 17.3 Å². The number of carbonyl (C=O) groups is 1.